The van der Waals surface area contributed by atoms with Crippen molar-refractivity contribution in [1.29, 1.82) is 0 Å². The molecule has 3 atom stereocenters. The zero-order valence-electron chi connectivity index (χ0n) is 19.5. The molecule has 0 aromatic heterocycles. The Hall–Kier alpha value is -3.35. The topological polar surface area (TPSA) is 105 Å². The van der Waals surface area contributed by atoms with E-state index in [4.69, 9.17) is 4.74 Å². The molecule has 7 nitrogen and oxygen atoms in total. The lowest BCUT2D eigenvalue weighted by Gasteiger charge is -2.18. The van der Waals surface area contributed by atoms with Gasteiger partial charge in [0.2, 0.25) is 5.91 Å². The molecule has 1 saturated carbocycles. The standard InChI is InChI=1S/C27H32N2O5/c1-2-3-12-24(26(31)32)29-25(30)17-13-14-18(15-17)28-27(33)34-16-23-21-10-6-4-8-19(21)20-9-5-7-11-22(20)23/h4-11,17-18,23-24H,2-3,12-16H2,1H3,(H,28,33)(H,29,30)(H,31,32). The van der Waals surface area contributed by atoms with Crippen molar-refractivity contribution < 1.29 is 24.2 Å². The van der Waals surface area contributed by atoms with Crippen molar-refractivity contribution in [2.24, 2.45) is 5.92 Å². The Kier molecular flexibility index (Phi) is 7.50. The molecule has 34 heavy (non-hydrogen) atoms. The molecule has 0 aliphatic heterocycles. The molecular weight excluding hydrogens is 432 g/mol. The van der Waals surface area contributed by atoms with E-state index >= 15 is 0 Å². The van der Waals surface area contributed by atoms with E-state index < -0.39 is 18.1 Å². The van der Waals surface area contributed by atoms with Gasteiger partial charge in [0.15, 0.2) is 0 Å². The lowest BCUT2D eigenvalue weighted by atomic mass is 9.98. The molecule has 2 amide bonds. The van der Waals surface area contributed by atoms with Crippen molar-refractivity contribution in [1.82, 2.24) is 10.6 Å². The number of hydrogen-bond donors (Lipinski definition) is 3. The van der Waals surface area contributed by atoms with Crippen LogP contribution in [0.25, 0.3) is 11.1 Å². The van der Waals surface area contributed by atoms with E-state index in [9.17, 15) is 19.5 Å². The largest absolute Gasteiger partial charge is 0.480 e. The summed E-state index contributed by atoms with van der Waals surface area (Å²) in [6.45, 7) is 2.23. The highest BCUT2D eigenvalue weighted by atomic mass is 16.5. The second kappa shape index (κ2) is 10.7. The molecule has 4 rings (SSSR count). The van der Waals surface area contributed by atoms with Crippen molar-refractivity contribution in [3.05, 3.63) is 59.7 Å². The highest BCUT2D eigenvalue weighted by molar-refractivity contribution is 5.85. The Morgan fingerprint density at radius 3 is 2.29 bits per heavy atom. The summed E-state index contributed by atoms with van der Waals surface area (Å²) in [7, 11) is 0. The number of fused-ring (bicyclic) bond motifs is 3. The van der Waals surface area contributed by atoms with E-state index in [-0.39, 0.29) is 30.4 Å². The number of aliphatic carboxylic acids is 1. The lowest BCUT2D eigenvalue weighted by Crippen LogP contribution is -2.43. The Labute approximate surface area is 199 Å². The van der Waals surface area contributed by atoms with Crippen LogP contribution in [-0.4, -0.2) is 41.8 Å². The van der Waals surface area contributed by atoms with Crippen LogP contribution in [-0.2, 0) is 14.3 Å². The van der Waals surface area contributed by atoms with Crippen molar-refractivity contribution in [3.63, 3.8) is 0 Å². The van der Waals surface area contributed by atoms with E-state index in [0.717, 1.165) is 24.0 Å². The third-order valence-electron chi connectivity index (χ3n) is 6.93. The van der Waals surface area contributed by atoms with Gasteiger partial charge in [-0.1, -0.05) is 68.3 Å². The minimum absolute atomic E-state index is 0.00340. The second-order valence-corrected chi connectivity index (χ2v) is 9.22. The van der Waals surface area contributed by atoms with Crippen molar-refractivity contribution in [2.75, 3.05) is 6.61 Å². The fourth-order valence-electron chi connectivity index (χ4n) is 5.11. The highest BCUT2D eigenvalue weighted by Crippen LogP contribution is 2.44. The Bertz CT molecular complexity index is 1010. The van der Waals surface area contributed by atoms with Gasteiger partial charge in [-0.3, -0.25) is 4.79 Å². The third-order valence-corrected chi connectivity index (χ3v) is 6.93. The van der Waals surface area contributed by atoms with Crippen molar-refractivity contribution >= 4 is 18.0 Å². The van der Waals surface area contributed by atoms with E-state index in [2.05, 4.69) is 34.9 Å². The van der Waals surface area contributed by atoms with Crippen LogP contribution in [0.4, 0.5) is 4.79 Å². The normalized spacial score (nSPS) is 19.7. The number of nitrogens with one attached hydrogen (secondary N) is 2. The summed E-state index contributed by atoms with van der Waals surface area (Å²) in [5.74, 6) is -1.56. The van der Waals surface area contributed by atoms with Crippen molar-refractivity contribution in [2.45, 2.75) is 63.5 Å². The van der Waals surface area contributed by atoms with Gasteiger partial charge in [-0.05, 0) is 47.9 Å². The molecule has 2 aliphatic carbocycles. The first-order chi connectivity index (χ1) is 16.5. The minimum Gasteiger partial charge on any atom is -0.480 e. The van der Waals surface area contributed by atoms with Gasteiger partial charge in [0, 0.05) is 17.9 Å². The Balaban J connectivity index is 1.28. The number of amides is 2. The first kappa shape index (κ1) is 23.8. The van der Waals surface area contributed by atoms with E-state index in [1.165, 1.54) is 11.1 Å². The molecule has 0 saturated heterocycles. The molecule has 2 aromatic carbocycles. The van der Waals surface area contributed by atoms with Crippen molar-refractivity contribution in [3.8, 4) is 11.1 Å². The van der Waals surface area contributed by atoms with Gasteiger partial charge in [0.05, 0.1) is 0 Å². The maximum absolute atomic E-state index is 12.6. The van der Waals surface area contributed by atoms with Crippen LogP contribution in [0.15, 0.2) is 48.5 Å². The SMILES string of the molecule is CCCCC(NC(=O)C1CCC(NC(=O)OCC2c3ccccc3-c3ccccc32)C1)C(=O)O. The van der Waals surface area contributed by atoms with Crippen LogP contribution in [0, 0.1) is 5.92 Å². The monoisotopic (exact) mass is 464 g/mol. The first-order valence-corrected chi connectivity index (χ1v) is 12.1. The van der Waals surface area contributed by atoms with Gasteiger partial charge >= 0.3 is 12.1 Å². The lowest BCUT2D eigenvalue weighted by molar-refractivity contribution is -0.142. The number of rotatable bonds is 9. The number of carbonyl (C=O) groups is 3. The molecule has 3 unspecified atom stereocenters. The van der Waals surface area contributed by atoms with Crippen LogP contribution >= 0.6 is 0 Å². The average molecular weight is 465 g/mol. The number of unbranched alkanes of at least 4 members (excludes halogenated alkanes) is 1. The zero-order valence-corrected chi connectivity index (χ0v) is 19.5. The van der Waals surface area contributed by atoms with E-state index in [1.54, 1.807) is 0 Å². The minimum atomic E-state index is -1.01. The number of carboxylic acid groups (broad SMARTS) is 1. The van der Waals surface area contributed by atoms with Crippen LogP contribution in [0.5, 0.6) is 0 Å². The zero-order chi connectivity index (χ0) is 24.1. The van der Waals surface area contributed by atoms with Gasteiger partial charge in [-0.15, -0.1) is 0 Å². The summed E-state index contributed by atoms with van der Waals surface area (Å²) in [6.07, 6.45) is 3.31. The summed E-state index contributed by atoms with van der Waals surface area (Å²) < 4.78 is 5.61. The first-order valence-electron chi connectivity index (χ1n) is 12.1. The van der Waals surface area contributed by atoms with Crippen LogP contribution in [0.2, 0.25) is 0 Å². The average Bonchev–Trinajstić information content (AvgIpc) is 3.43. The van der Waals surface area contributed by atoms with Gasteiger partial charge < -0.3 is 20.5 Å². The quantitative estimate of drug-likeness (QED) is 0.508. The van der Waals surface area contributed by atoms with Crippen LogP contribution in [0.1, 0.15) is 62.5 Å². The molecule has 0 spiro atoms. The summed E-state index contributed by atoms with van der Waals surface area (Å²) in [6, 6.07) is 15.3. The van der Waals surface area contributed by atoms with Gasteiger partial charge in [-0.2, -0.15) is 0 Å². The molecule has 0 bridgehead atoms. The smallest absolute Gasteiger partial charge is 0.407 e. The molecule has 0 radical (unpaired) electrons. The predicted molar refractivity (Wildman–Crippen MR) is 128 cm³/mol. The maximum Gasteiger partial charge on any atom is 0.407 e. The Morgan fingerprint density at radius 1 is 1.03 bits per heavy atom. The van der Waals surface area contributed by atoms with Crippen LogP contribution < -0.4 is 10.6 Å². The van der Waals surface area contributed by atoms with E-state index in [0.29, 0.717) is 25.7 Å². The summed E-state index contributed by atoms with van der Waals surface area (Å²) in [5.41, 5.74) is 4.67. The molecule has 1 fully saturated rings. The number of benzene rings is 2. The molecular formula is C27H32N2O5. The molecule has 0 heterocycles. The maximum atomic E-state index is 12.6. The predicted octanol–water partition coefficient (Wildman–Crippen LogP) is 4.45. The molecule has 180 valence electrons. The van der Waals surface area contributed by atoms with Crippen LogP contribution in [0.3, 0.4) is 0 Å². The van der Waals surface area contributed by atoms with Gasteiger partial charge in [0.1, 0.15) is 12.6 Å². The summed E-state index contributed by atoms with van der Waals surface area (Å²) in [5, 5.41) is 14.9. The Morgan fingerprint density at radius 2 is 1.68 bits per heavy atom. The molecule has 7 heteroatoms. The number of alkyl carbamates (subject to hydrolysis) is 1. The fraction of sp³-hybridized carbons (Fsp3) is 0.444. The van der Waals surface area contributed by atoms with E-state index in [1.807, 2.05) is 31.2 Å². The third kappa shape index (κ3) is 5.24. The summed E-state index contributed by atoms with van der Waals surface area (Å²) in [4.78, 5) is 36.5. The summed E-state index contributed by atoms with van der Waals surface area (Å²) >= 11 is 0. The molecule has 3 N–H and O–H groups in total. The molecule has 2 aromatic rings. The number of hydrogen-bond acceptors (Lipinski definition) is 4. The van der Waals surface area contributed by atoms with Gasteiger partial charge in [0.25, 0.3) is 0 Å². The van der Waals surface area contributed by atoms with Gasteiger partial charge in [-0.25, -0.2) is 9.59 Å². The second-order valence-electron chi connectivity index (χ2n) is 9.22. The highest BCUT2D eigenvalue weighted by Gasteiger charge is 2.34. The molecule has 2 aliphatic rings. The number of carboxylic acids is 1. The number of ether oxygens (including phenoxy) is 1. The number of carbonyl (C=O) groups excluding carboxylic acids is 2. The fourth-order valence-corrected chi connectivity index (χ4v) is 5.11.